The lowest BCUT2D eigenvalue weighted by Gasteiger charge is -2.33. The van der Waals surface area contributed by atoms with Crippen LogP contribution in [0.1, 0.15) is 38.7 Å². The number of rotatable bonds is 14. The van der Waals surface area contributed by atoms with Gasteiger partial charge in [0.05, 0.1) is 25.6 Å². The highest BCUT2D eigenvalue weighted by Crippen LogP contribution is 2.28. The first-order valence-corrected chi connectivity index (χ1v) is 15.5. The Labute approximate surface area is 255 Å². The number of sulfonamides is 1. The minimum absolute atomic E-state index is 0.0467. The molecule has 0 spiro atoms. The van der Waals surface area contributed by atoms with Gasteiger partial charge in [-0.05, 0) is 54.8 Å². The maximum absolute atomic E-state index is 14.0. The van der Waals surface area contributed by atoms with E-state index in [2.05, 4.69) is 5.32 Å². The quantitative estimate of drug-likeness (QED) is 0.135. The minimum atomic E-state index is -4.29. The summed E-state index contributed by atoms with van der Waals surface area (Å²) in [6.07, 6.45) is 1.88. The molecule has 0 bridgehead atoms. The SMILES string of the molecule is CCCCNC(=O)C(CC)N(Cc1ccc(Cl)c(Cl)c1)C(=O)CN(c1ccc([N+](=O)[O-])cc1)S(=O)(=O)c1ccccc1. The van der Waals surface area contributed by atoms with Crippen molar-refractivity contribution >= 4 is 56.4 Å². The van der Waals surface area contributed by atoms with E-state index in [1.165, 1.54) is 29.2 Å². The summed E-state index contributed by atoms with van der Waals surface area (Å²) in [7, 11) is -4.29. The van der Waals surface area contributed by atoms with E-state index in [0.717, 1.165) is 29.3 Å². The van der Waals surface area contributed by atoms with Gasteiger partial charge in [-0.15, -0.1) is 0 Å². The van der Waals surface area contributed by atoms with Crippen molar-refractivity contribution in [1.82, 2.24) is 10.2 Å². The fourth-order valence-electron chi connectivity index (χ4n) is 4.25. The Bertz CT molecular complexity index is 1500. The number of non-ortho nitro benzene ring substituents is 1. The number of benzene rings is 3. The molecule has 0 fully saturated rings. The average molecular weight is 636 g/mol. The zero-order valence-electron chi connectivity index (χ0n) is 23.2. The highest BCUT2D eigenvalue weighted by molar-refractivity contribution is 7.92. The molecule has 0 saturated heterocycles. The smallest absolute Gasteiger partial charge is 0.269 e. The lowest BCUT2D eigenvalue weighted by Crippen LogP contribution is -2.52. The molecule has 0 radical (unpaired) electrons. The number of nitrogens with one attached hydrogen (secondary N) is 1. The van der Waals surface area contributed by atoms with Crippen molar-refractivity contribution in [3.63, 3.8) is 0 Å². The molecule has 3 aromatic rings. The van der Waals surface area contributed by atoms with Gasteiger partial charge in [-0.1, -0.05) is 67.7 Å². The number of carbonyl (C=O) groups is 2. The van der Waals surface area contributed by atoms with E-state index in [4.69, 9.17) is 23.2 Å². The van der Waals surface area contributed by atoms with Gasteiger partial charge in [0.1, 0.15) is 12.6 Å². The second kappa shape index (κ2) is 15.0. The zero-order valence-corrected chi connectivity index (χ0v) is 25.5. The van der Waals surface area contributed by atoms with Crippen molar-refractivity contribution in [1.29, 1.82) is 0 Å². The lowest BCUT2D eigenvalue weighted by atomic mass is 10.1. The van der Waals surface area contributed by atoms with E-state index in [0.29, 0.717) is 17.1 Å². The van der Waals surface area contributed by atoms with Gasteiger partial charge in [-0.25, -0.2) is 8.42 Å². The summed E-state index contributed by atoms with van der Waals surface area (Å²) in [6.45, 7) is 3.46. The van der Waals surface area contributed by atoms with Gasteiger partial charge >= 0.3 is 0 Å². The fourth-order valence-corrected chi connectivity index (χ4v) is 6.01. The molecule has 0 aromatic heterocycles. The molecule has 1 N–H and O–H groups in total. The van der Waals surface area contributed by atoms with Crippen LogP contribution in [0.4, 0.5) is 11.4 Å². The van der Waals surface area contributed by atoms with Crippen LogP contribution in [0.15, 0.2) is 77.7 Å². The van der Waals surface area contributed by atoms with E-state index >= 15 is 0 Å². The van der Waals surface area contributed by atoms with Crippen molar-refractivity contribution < 1.29 is 22.9 Å². The van der Waals surface area contributed by atoms with Gasteiger partial charge in [0, 0.05) is 25.2 Å². The molecule has 10 nitrogen and oxygen atoms in total. The molecule has 13 heteroatoms. The summed E-state index contributed by atoms with van der Waals surface area (Å²) in [6, 6.07) is 16.3. The number of hydrogen-bond donors (Lipinski definition) is 1. The zero-order chi connectivity index (χ0) is 30.9. The van der Waals surface area contributed by atoms with Crippen molar-refractivity contribution in [3.05, 3.63) is 98.5 Å². The molecule has 1 unspecified atom stereocenters. The second-order valence-electron chi connectivity index (χ2n) is 9.44. The first-order chi connectivity index (χ1) is 20.0. The predicted octanol–water partition coefficient (Wildman–Crippen LogP) is 5.82. The third kappa shape index (κ3) is 8.21. The summed E-state index contributed by atoms with van der Waals surface area (Å²) in [5.41, 5.74) is 0.399. The maximum atomic E-state index is 14.0. The first kappa shape index (κ1) is 32.8. The summed E-state index contributed by atoms with van der Waals surface area (Å²) in [5, 5.41) is 14.7. The Balaban J connectivity index is 2.06. The van der Waals surface area contributed by atoms with E-state index in [1.54, 1.807) is 43.3 Å². The summed E-state index contributed by atoms with van der Waals surface area (Å²) < 4.78 is 28.5. The van der Waals surface area contributed by atoms with Gasteiger partial charge in [0.15, 0.2) is 0 Å². The Morgan fingerprint density at radius 2 is 1.64 bits per heavy atom. The Kier molecular flexibility index (Phi) is 11.7. The average Bonchev–Trinajstić information content (AvgIpc) is 2.98. The predicted molar refractivity (Wildman–Crippen MR) is 163 cm³/mol. The van der Waals surface area contributed by atoms with Crippen molar-refractivity contribution in [3.8, 4) is 0 Å². The Hall–Kier alpha value is -3.67. The molecule has 224 valence electrons. The van der Waals surface area contributed by atoms with Gasteiger partial charge in [0.2, 0.25) is 11.8 Å². The molecule has 2 amide bonds. The van der Waals surface area contributed by atoms with E-state index in [-0.39, 0.29) is 40.2 Å². The summed E-state index contributed by atoms with van der Waals surface area (Å²) in [4.78, 5) is 39.1. The van der Waals surface area contributed by atoms with Crippen LogP contribution >= 0.6 is 23.2 Å². The molecule has 0 aliphatic rings. The molecule has 0 aliphatic carbocycles. The monoisotopic (exact) mass is 634 g/mol. The van der Waals surface area contributed by atoms with Crippen LogP contribution in [0.5, 0.6) is 0 Å². The number of halogens is 2. The van der Waals surface area contributed by atoms with Crippen LogP contribution in [0.25, 0.3) is 0 Å². The van der Waals surface area contributed by atoms with Crippen molar-refractivity contribution in [2.75, 3.05) is 17.4 Å². The van der Waals surface area contributed by atoms with Gasteiger partial charge in [-0.3, -0.25) is 24.0 Å². The Morgan fingerprint density at radius 3 is 2.21 bits per heavy atom. The molecule has 1 atom stereocenters. The molecule has 0 saturated carbocycles. The van der Waals surface area contributed by atoms with Crippen LogP contribution in [0, 0.1) is 10.1 Å². The summed E-state index contributed by atoms with van der Waals surface area (Å²) in [5.74, 6) is -1.02. The highest BCUT2D eigenvalue weighted by atomic mass is 35.5. The molecule has 3 aromatic carbocycles. The van der Waals surface area contributed by atoms with Crippen LogP contribution in [-0.2, 0) is 26.2 Å². The van der Waals surface area contributed by atoms with Crippen LogP contribution in [0.3, 0.4) is 0 Å². The summed E-state index contributed by atoms with van der Waals surface area (Å²) >= 11 is 12.3. The Morgan fingerprint density at radius 1 is 0.976 bits per heavy atom. The maximum Gasteiger partial charge on any atom is 0.269 e. The lowest BCUT2D eigenvalue weighted by molar-refractivity contribution is -0.384. The van der Waals surface area contributed by atoms with Gasteiger partial charge < -0.3 is 10.2 Å². The standard InChI is InChI=1S/C29H32Cl2N4O6S/c1-3-5-17-32-29(37)27(4-2)33(19-21-11-16-25(30)26(31)18-21)28(36)20-34(22-12-14-23(15-13-22)35(38)39)42(40,41)24-9-7-6-8-10-24/h6-16,18,27H,3-5,17,19-20H2,1-2H3,(H,32,37). The van der Waals surface area contributed by atoms with E-state index in [9.17, 15) is 28.1 Å². The van der Waals surface area contributed by atoms with E-state index in [1.807, 2.05) is 6.92 Å². The minimum Gasteiger partial charge on any atom is -0.354 e. The largest absolute Gasteiger partial charge is 0.354 e. The molecule has 42 heavy (non-hydrogen) atoms. The molecule has 0 aliphatic heterocycles. The first-order valence-electron chi connectivity index (χ1n) is 13.3. The third-order valence-electron chi connectivity index (χ3n) is 6.51. The number of amides is 2. The number of anilines is 1. The third-order valence-corrected chi connectivity index (χ3v) is 9.04. The van der Waals surface area contributed by atoms with Crippen molar-refractivity contribution in [2.24, 2.45) is 0 Å². The van der Waals surface area contributed by atoms with Crippen LogP contribution in [-0.4, -0.2) is 49.2 Å². The van der Waals surface area contributed by atoms with Gasteiger partial charge in [-0.2, -0.15) is 0 Å². The number of nitro benzene ring substituents is 1. The normalized spacial score (nSPS) is 11.9. The number of hydrogen-bond acceptors (Lipinski definition) is 6. The molecule has 0 heterocycles. The second-order valence-corrected chi connectivity index (χ2v) is 12.1. The van der Waals surface area contributed by atoms with E-state index < -0.39 is 33.4 Å². The number of nitrogens with zero attached hydrogens (tertiary/aromatic N) is 3. The number of carbonyl (C=O) groups excluding carboxylic acids is 2. The molecular formula is C29H32Cl2N4O6S. The van der Waals surface area contributed by atoms with Crippen LogP contribution in [0.2, 0.25) is 10.0 Å². The number of nitro groups is 1. The van der Waals surface area contributed by atoms with Crippen molar-refractivity contribution in [2.45, 2.75) is 50.6 Å². The number of unbranched alkanes of at least 4 members (excludes halogenated alkanes) is 1. The topological polar surface area (TPSA) is 130 Å². The van der Waals surface area contributed by atoms with Crippen LogP contribution < -0.4 is 9.62 Å². The van der Waals surface area contributed by atoms with Gasteiger partial charge in [0.25, 0.3) is 15.7 Å². The fraction of sp³-hybridized carbons (Fsp3) is 0.310. The highest BCUT2D eigenvalue weighted by Gasteiger charge is 2.33. The molecular weight excluding hydrogens is 603 g/mol. The molecule has 3 rings (SSSR count).